The number of aromatic amines is 1. The van der Waals surface area contributed by atoms with Gasteiger partial charge in [-0.15, -0.1) is 0 Å². The Morgan fingerprint density at radius 3 is 2.68 bits per heavy atom. The Bertz CT molecular complexity index is 1470. The van der Waals surface area contributed by atoms with E-state index in [2.05, 4.69) is 25.2 Å². The van der Waals surface area contributed by atoms with E-state index in [1.165, 1.54) is 4.52 Å². The lowest BCUT2D eigenvalue weighted by Crippen LogP contribution is -2.46. The summed E-state index contributed by atoms with van der Waals surface area (Å²) < 4.78 is 16.9. The summed E-state index contributed by atoms with van der Waals surface area (Å²) in [4.78, 5) is 31.3. The van der Waals surface area contributed by atoms with Crippen LogP contribution >= 0.6 is 11.6 Å². The van der Waals surface area contributed by atoms with Crippen LogP contribution < -0.4 is 15.8 Å². The molecule has 0 radical (unpaired) electrons. The van der Waals surface area contributed by atoms with Gasteiger partial charge >= 0.3 is 0 Å². The maximum atomic E-state index is 15.4. The van der Waals surface area contributed by atoms with Crippen molar-refractivity contribution in [3.63, 3.8) is 0 Å². The van der Waals surface area contributed by atoms with Crippen LogP contribution in [0.5, 0.6) is 0 Å². The van der Waals surface area contributed by atoms with Gasteiger partial charge in [0.15, 0.2) is 5.82 Å². The lowest BCUT2D eigenvalue weighted by molar-refractivity contribution is 0.0963. The van der Waals surface area contributed by atoms with Crippen molar-refractivity contribution in [3.05, 3.63) is 74.4 Å². The zero-order valence-electron chi connectivity index (χ0n) is 18.9. The highest BCUT2D eigenvalue weighted by Crippen LogP contribution is 2.28. The van der Waals surface area contributed by atoms with Crippen LogP contribution in [0.25, 0.3) is 16.6 Å². The molecule has 176 valence electrons. The first-order chi connectivity index (χ1) is 16.4. The van der Waals surface area contributed by atoms with Gasteiger partial charge < -0.3 is 15.2 Å². The van der Waals surface area contributed by atoms with Crippen LogP contribution in [0.1, 0.15) is 21.5 Å². The molecule has 10 heteroatoms. The lowest BCUT2D eigenvalue weighted by Gasteiger charge is -2.36. The van der Waals surface area contributed by atoms with E-state index in [1.807, 2.05) is 6.07 Å². The second-order valence-electron chi connectivity index (χ2n) is 8.48. The molecule has 5 rings (SSSR count). The second kappa shape index (κ2) is 8.73. The summed E-state index contributed by atoms with van der Waals surface area (Å²) in [5.74, 6) is -0.611. The molecule has 34 heavy (non-hydrogen) atoms. The fraction of sp³-hybridized carbons (Fsp3) is 0.292. The highest BCUT2D eigenvalue weighted by Gasteiger charge is 2.22. The van der Waals surface area contributed by atoms with Crippen LogP contribution in [0.4, 0.5) is 10.1 Å². The summed E-state index contributed by atoms with van der Waals surface area (Å²) in [5.41, 5.74) is 3.43. The Balaban J connectivity index is 1.32. The number of halogens is 2. The summed E-state index contributed by atoms with van der Waals surface area (Å²) >= 11 is 6.44. The molecule has 1 amide bonds. The number of aromatic nitrogens is 3. The van der Waals surface area contributed by atoms with Gasteiger partial charge in [-0.1, -0.05) is 17.7 Å². The van der Waals surface area contributed by atoms with E-state index >= 15 is 4.39 Å². The van der Waals surface area contributed by atoms with Crippen LogP contribution in [0.3, 0.4) is 0 Å². The molecule has 1 fully saturated rings. The molecule has 4 aromatic rings. The molecule has 8 nitrogen and oxygen atoms in total. The molecular formula is C24H24ClFN6O2. The van der Waals surface area contributed by atoms with Gasteiger partial charge in [-0.05, 0) is 31.2 Å². The number of hydrogen-bond acceptors (Lipinski definition) is 5. The number of amides is 1. The fourth-order valence-electron chi connectivity index (χ4n) is 4.52. The highest BCUT2D eigenvalue weighted by atomic mass is 35.5. The molecule has 3 heterocycles. The van der Waals surface area contributed by atoms with E-state index in [9.17, 15) is 9.59 Å². The van der Waals surface area contributed by atoms with Crippen LogP contribution in [-0.4, -0.2) is 58.6 Å². The average Bonchev–Trinajstić information content (AvgIpc) is 3.23. The molecule has 1 aliphatic heterocycles. The number of hydrogen-bond donors (Lipinski definition) is 2. The third-order valence-electron chi connectivity index (χ3n) is 6.38. The number of aryl methyl sites for hydroxylation is 1. The van der Waals surface area contributed by atoms with Crippen LogP contribution in [0, 0.1) is 12.7 Å². The van der Waals surface area contributed by atoms with Crippen molar-refractivity contribution in [3.8, 4) is 0 Å². The summed E-state index contributed by atoms with van der Waals surface area (Å²) in [6.07, 6.45) is 1.60. The SMILES string of the molecule is CNC(=O)c1ccc(N2CCN(Cc3ccc4c([nH]c(=O)c5c(C)cnn54)c3F)CC2)c(Cl)c1. The number of nitrogens with one attached hydrogen (secondary N) is 2. The van der Waals surface area contributed by atoms with Crippen molar-refractivity contribution in [2.24, 2.45) is 0 Å². The first-order valence-electron chi connectivity index (χ1n) is 11.0. The van der Waals surface area contributed by atoms with E-state index in [4.69, 9.17) is 11.6 Å². The Morgan fingerprint density at radius 1 is 1.21 bits per heavy atom. The van der Waals surface area contributed by atoms with Gasteiger partial charge in [0.25, 0.3) is 11.5 Å². The van der Waals surface area contributed by atoms with Crippen molar-refractivity contribution in [2.45, 2.75) is 13.5 Å². The molecular weight excluding hydrogens is 459 g/mol. The van der Waals surface area contributed by atoms with Crippen molar-refractivity contribution in [1.82, 2.24) is 24.8 Å². The van der Waals surface area contributed by atoms with Gasteiger partial charge in [0.1, 0.15) is 11.0 Å². The van der Waals surface area contributed by atoms with Gasteiger partial charge in [-0.2, -0.15) is 5.10 Å². The molecule has 0 spiro atoms. The largest absolute Gasteiger partial charge is 0.368 e. The monoisotopic (exact) mass is 482 g/mol. The Morgan fingerprint density at radius 2 is 1.97 bits per heavy atom. The predicted molar refractivity (Wildman–Crippen MR) is 130 cm³/mol. The number of anilines is 1. The van der Waals surface area contributed by atoms with E-state index in [1.54, 1.807) is 44.4 Å². The number of piperazine rings is 1. The van der Waals surface area contributed by atoms with Crippen LogP contribution in [-0.2, 0) is 6.54 Å². The summed E-state index contributed by atoms with van der Waals surface area (Å²) in [6.45, 7) is 5.11. The third-order valence-corrected chi connectivity index (χ3v) is 6.68. The predicted octanol–water partition coefficient (Wildman–Crippen LogP) is 2.96. The summed E-state index contributed by atoms with van der Waals surface area (Å²) in [7, 11) is 1.58. The molecule has 0 bridgehead atoms. The minimum absolute atomic E-state index is 0.166. The summed E-state index contributed by atoms with van der Waals surface area (Å²) in [5, 5.41) is 7.36. The van der Waals surface area contributed by atoms with Crippen molar-refractivity contribution in [1.29, 1.82) is 0 Å². The van der Waals surface area contributed by atoms with Gasteiger partial charge in [0, 0.05) is 56.5 Å². The minimum Gasteiger partial charge on any atom is -0.368 e. The number of fused-ring (bicyclic) bond motifs is 3. The van der Waals surface area contributed by atoms with E-state index < -0.39 is 5.82 Å². The first kappa shape index (κ1) is 22.4. The maximum absolute atomic E-state index is 15.4. The number of carbonyl (C=O) groups is 1. The standard InChI is InChI=1S/C24H24ClFN6O2/c1-14-12-28-32-19-6-4-16(20(26)21(19)29-24(34)22(14)32)13-30-7-9-31(10-8-30)18-5-3-15(11-17(18)25)23(33)27-2/h3-6,11-12H,7-10,13H2,1-2H3,(H,27,33)(H,29,34). The van der Waals surface area contributed by atoms with Crippen LogP contribution in [0.2, 0.25) is 5.02 Å². The molecule has 1 aliphatic rings. The quantitative estimate of drug-likeness (QED) is 0.467. The van der Waals surface area contributed by atoms with E-state index in [0.717, 1.165) is 37.4 Å². The summed E-state index contributed by atoms with van der Waals surface area (Å²) in [6, 6.07) is 8.85. The zero-order chi connectivity index (χ0) is 24.0. The van der Waals surface area contributed by atoms with Gasteiger partial charge in [-0.3, -0.25) is 14.5 Å². The average molecular weight is 483 g/mol. The van der Waals surface area contributed by atoms with Crippen molar-refractivity contribution < 1.29 is 9.18 Å². The fourth-order valence-corrected chi connectivity index (χ4v) is 4.82. The van der Waals surface area contributed by atoms with Crippen LogP contribution in [0.15, 0.2) is 41.3 Å². The zero-order valence-corrected chi connectivity index (χ0v) is 19.6. The van der Waals surface area contributed by atoms with Gasteiger partial charge in [0.2, 0.25) is 0 Å². The molecule has 0 unspecified atom stereocenters. The van der Waals surface area contributed by atoms with Gasteiger partial charge in [0.05, 0.1) is 22.4 Å². The topological polar surface area (TPSA) is 85.7 Å². The minimum atomic E-state index is -0.431. The maximum Gasteiger partial charge on any atom is 0.274 e. The number of H-pyrrole nitrogens is 1. The molecule has 1 saturated heterocycles. The lowest BCUT2D eigenvalue weighted by atomic mass is 10.1. The third kappa shape index (κ3) is 3.80. The smallest absolute Gasteiger partial charge is 0.274 e. The second-order valence-corrected chi connectivity index (χ2v) is 8.89. The molecule has 0 aliphatic carbocycles. The van der Waals surface area contributed by atoms with Gasteiger partial charge in [-0.25, -0.2) is 8.91 Å². The first-order valence-corrected chi connectivity index (χ1v) is 11.4. The van der Waals surface area contributed by atoms with E-state index in [0.29, 0.717) is 33.7 Å². The number of rotatable bonds is 4. The highest BCUT2D eigenvalue weighted by molar-refractivity contribution is 6.33. The van der Waals surface area contributed by atoms with Crippen molar-refractivity contribution >= 4 is 39.7 Å². The Kier molecular flexibility index (Phi) is 5.75. The number of nitrogens with zero attached hydrogens (tertiary/aromatic N) is 4. The normalized spacial score (nSPS) is 14.8. The number of benzene rings is 2. The van der Waals surface area contributed by atoms with Crippen molar-refractivity contribution in [2.75, 3.05) is 38.1 Å². The molecule has 0 atom stereocenters. The molecule has 0 saturated carbocycles. The Labute approximate surface area is 199 Å². The molecule has 2 aromatic heterocycles. The molecule has 2 N–H and O–H groups in total. The van der Waals surface area contributed by atoms with E-state index in [-0.39, 0.29) is 17.0 Å². The number of carbonyl (C=O) groups excluding carboxylic acids is 1. The Hall–Kier alpha value is -3.43. The molecule has 2 aromatic carbocycles.